The van der Waals surface area contributed by atoms with Crippen molar-refractivity contribution in [3.05, 3.63) is 94.7 Å². The summed E-state index contributed by atoms with van der Waals surface area (Å²) in [4.78, 5) is 51.1. The molecule has 3 amide bonds. The maximum atomic E-state index is 13.0. The lowest BCUT2D eigenvalue weighted by atomic mass is 10.1. The molecular weight excluding hydrogens is 486 g/mol. The van der Waals surface area contributed by atoms with Crippen molar-refractivity contribution in [1.29, 1.82) is 0 Å². The van der Waals surface area contributed by atoms with E-state index < -0.39 is 17.8 Å². The molecule has 2 N–H and O–H groups in total. The van der Waals surface area contributed by atoms with Crippen LogP contribution in [0.25, 0.3) is 0 Å². The number of methoxy groups -OCH3 is 2. The molecule has 0 spiro atoms. The van der Waals surface area contributed by atoms with E-state index >= 15 is 0 Å². The van der Waals surface area contributed by atoms with E-state index in [2.05, 4.69) is 15.4 Å². The molecule has 10 heteroatoms. The molecule has 0 aliphatic carbocycles. The number of carbonyl (C=O) groups excluding carboxylic acids is 4. The quantitative estimate of drug-likeness (QED) is 0.366. The smallest absolute Gasteiger partial charge is 0.337 e. The summed E-state index contributed by atoms with van der Waals surface area (Å²) in [6.45, 7) is 0. The molecule has 36 heavy (non-hydrogen) atoms. The first-order chi connectivity index (χ1) is 17.3. The van der Waals surface area contributed by atoms with Crippen molar-refractivity contribution in [2.75, 3.05) is 29.8 Å². The molecule has 0 unspecified atom stereocenters. The highest BCUT2D eigenvalue weighted by molar-refractivity contribution is 6.53. The molecule has 0 bridgehead atoms. The number of hydrogen-bond donors (Lipinski definition) is 2. The van der Waals surface area contributed by atoms with Gasteiger partial charge in [0.25, 0.3) is 17.7 Å². The Balaban J connectivity index is 1.51. The maximum Gasteiger partial charge on any atom is 0.337 e. The fourth-order valence-electron chi connectivity index (χ4n) is 3.50. The summed E-state index contributed by atoms with van der Waals surface area (Å²) < 4.78 is 9.82. The number of nitrogens with one attached hydrogen (secondary N) is 2. The van der Waals surface area contributed by atoms with Gasteiger partial charge in [0, 0.05) is 23.0 Å². The minimum absolute atomic E-state index is 0.135. The average molecular weight is 506 g/mol. The van der Waals surface area contributed by atoms with E-state index in [-0.39, 0.29) is 27.9 Å². The summed E-state index contributed by atoms with van der Waals surface area (Å²) in [6.07, 6.45) is 0. The summed E-state index contributed by atoms with van der Waals surface area (Å²) >= 11 is 6.20. The van der Waals surface area contributed by atoms with Crippen LogP contribution in [-0.4, -0.2) is 37.9 Å². The Morgan fingerprint density at radius 3 is 2.22 bits per heavy atom. The number of benzene rings is 3. The minimum atomic E-state index is -0.720. The number of amides is 3. The molecule has 3 aromatic rings. The molecule has 0 atom stereocenters. The maximum absolute atomic E-state index is 13.0. The SMILES string of the molecule is COC(=O)c1ccc(N2C(=O)C(Cl)=C(Nc3cccc(C(=O)Nc4cccc(OC)c4)c3)C2=O)cc1. The predicted octanol–water partition coefficient (Wildman–Crippen LogP) is 4.17. The van der Waals surface area contributed by atoms with Crippen molar-refractivity contribution in [3.8, 4) is 5.75 Å². The second kappa shape index (κ2) is 10.3. The molecule has 1 heterocycles. The van der Waals surface area contributed by atoms with Crippen LogP contribution in [0.15, 0.2) is 83.5 Å². The van der Waals surface area contributed by atoms with Crippen LogP contribution in [-0.2, 0) is 14.3 Å². The minimum Gasteiger partial charge on any atom is -0.497 e. The van der Waals surface area contributed by atoms with Crippen molar-refractivity contribution in [1.82, 2.24) is 0 Å². The number of esters is 1. The molecule has 0 saturated heterocycles. The molecule has 9 nitrogen and oxygen atoms in total. The van der Waals surface area contributed by atoms with Gasteiger partial charge in [-0.3, -0.25) is 14.4 Å². The zero-order valence-electron chi connectivity index (χ0n) is 19.2. The van der Waals surface area contributed by atoms with Crippen molar-refractivity contribution < 1.29 is 28.7 Å². The van der Waals surface area contributed by atoms with Gasteiger partial charge in [-0.05, 0) is 54.6 Å². The van der Waals surface area contributed by atoms with Gasteiger partial charge < -0.3 is 20.1 Å². The molecule has 1 aliphatic rings. The Morgan fingerprint density at radius 1 is 0.833 bits per heavy atom. The number of carbonyl (C=O) groups is 4. The van der Waals surface area contributed by atoms with Gasteiger partial charge in [-0.15, -0.1) is 0 Å². The molecule has 182 valence electrons. The first-order valence-electron chi connectivity index (χ1n) is 10.6. The Labute approximate surface area is 211 Å². The Hall–Kier alpha value is -4.63. The number of rotatable bonds is 7. The molecule has 0 saturated carbocycles. The lowest BCUT2D eigenvalue weighted by molar-refractivity contribution is -0.120. The summed E-state index contributed by atoms with van der Waals surface area (Å²) in [7, 11) is 2.78. The van der Waals surface area contributed by atoms with Gasteiger partial charge in [0.15, 0.2) is 0 Å². The normalized spacial score (nSPS) is 13.0. The highest BCUT2D eigenvalue weighted by Crippen LogP contribution is 2.30. The summed E-state index contributed by atoms with van der Waals surface area (Å²) in [5.74, 6) is -1.73. The van der Waals surface area contributed by atoms with E-state index in [4.69, 9.17) is 16.3 Å². The monoisotopic (exact) mass is 505 g/mol. The van der Waals surface area contributed by atoms with Crippen molar-refractivity contribution in [3.63, 3.8) is 0 Å². The van der Waals surface area contributed by atoms with Crippen LogP contribution in [0.1, 0.15) is 20.7 Å². The zero-order chi connectivity index (χ0) is 25.8. The standard InChI is InChI=1S/C26H20ClN3O6/c1-35-20-8-4-7-18(14-20)29-23(31)16-5-3-6-17(13-16)28-22-21(27)24(32)30(25(22)33)19-11-9-15(10-12-19)26(34)36-2/h3-14,28H,1-2H3,(H,29,31). The zero-order valence-corrected chi connectivity index (χ0v) is 20.0. The topological polar surface area (TPSA) is 114 Å². The predicted molar refractivity (Wildman–Crippen MR) is 134 cm³/mol. The Kier molecular flexibility index (Phi) is 7.03. The molecule has 3 aromatic carbocycles. The highest BCUT2D eigenvalue weighted by atomic mass is 35.5. The van der Waals surface area contributed by atoms with Crippen LogP contribution < -0.4 is 20.3 Å². The first-order valence-corrected chi connectivity index (χ1v) is 11.0. The summed E-state index contributed by atoms with van der Waals surface area (Å²) in [5.41, 5.74) is 1.61. The van der Waals surface area contributed by atoms with Crippen LogP contribution in [0.3, 0.4) is 0 Å². The van der Waals surface area contributed by atoms with Crippen LogP contribution in [0.4, 0.5) is 17.1 Å². The van der Waals surface area contributed by atoms with Crippen LogP contribution >= 0.6 is 11.6 Å². The number of halogens is 1. The van der Waals surface area contributed by atoms with Gasteiger partial charge in [0.05, 0.1) is 25.5 Å². The number of imide groups is 1. The Bertz CT molecular complexity index is 1400. The lowest BCUT2D eigenvalue weighted by Crippen LogP contribution is -2.32. The van der Waals surface area contributed by atoms with Crippen molar-refractivity contribution in [2.45, 2.75) is 0 Å². The number of hydrogen-bond acceptors (Lipinski definition) is 7. The first kappa shape index (κ1) is 24.5. The highest BCUT2D eigenvalue weighted by Gasteiger charge is 2.39. The third kappa shape index (κ3) is 4.91. The van der Waals surface area contributed by atoms with Gasteiger partial charge in [-0.1, -0.05) is 23.7 Å². The van der Waals surface area contributed by atoms with Gasteiger partial charge in [0.2, 0.25) is 0 Å². The number of ether oxygens (including phenoxy) is 2. The second-order valence-corrected chi connectivity index (χ2v) is 7.94. The number of nitrogens with zero attached hydrogens (tertiary/aromatic N) is 1. The molecule has 0 radical (unpaired) electrons. The summed E-state index contributed by atoms with van der Waals surface area (Å²) in [6, 6.07) is 19.1. The molecule has 0 fully saturated rings. The third-order valence-corrected chi connectivity index (χ3v) is 5.65. The van der Waals surface area contributed by atoms with E-state index in [9.17, 15) is 19.2 Å². The van der Waals surface area contributed by atoms with E-state index in [1.165, 1.54) is 44.6 Å². The molecule has 1 aliphatic heterocycles. The van der Waals surface area contributed by atoms with Crippen LogP contribution in [0, 0.1) is 0 Å². The van der Waals surface area contributed by atoms with E-state index in [1.807, 2.05) is 0 Å². The number of anilines is 3. The Morgan fingerprint density at radius 2 is 1.53 bits per heavy atom. The third-order valence-electron chi connectivity index (χ3n) is 5.30. The lowest BCUT2D eigenvalue weighted by Gasteiger charge is -2.15. The molecule has 0 aromatic heterocycles. The van der Waals surface area contributed by atoms with Crippen molar-refractivity contribution in [2.24, 2.45) is 0 Å². The second-order valence-electron chi connectivity index (χ2n) is 7.57. The average Bonchev–Trinajstić information content (AvgIpc) is 3.11. The van der Waals surface area contributed by atoms with Gasteiger partial charge in [0.1, 0.15) is 16.5 Å². The van der Waals surface area contributed by atoms with Gasteiger partial charge in [-0.25, -0.2) is 9.69 Å². The van der Waals surface area contributed by atoms with Gasteiger partial charge in [-0.2, -0.15) is 0 Å². The summed E-state index contributed by atoms with van der Waals surface area (Å²) in [5, 5.41) is 5.32. The fraction of sp³-hybridized carbons (Fsp3) is 0.0769. The van der Waals surface area contributed by atoms with Gasteiger partial charge >= 0.3 is 5.97 Å². The largest absolute Gasteiger partial charge is 0.497 e. The molecular formula is C26H20ClN3O6. The van der Waals surface area contributed by atoms with E-state index in [0.29, 0.717) is 22.7 Å². The van der Waals surface area contributed by atoms with E-state index in [1.54, 1.807) is 42.5 Å². The van der Waals surface area contributed by atoms with E-state index in [0.717, 1.165) is 4.90 Å². The van der Waals surface area contributed by atoms with Crippen LogP contribution in [0.5, 0.6) is 5.75 Å². The van der Waals surface area contributed by atoms with Crippen LogP contribution in [0.2, 0.25) is 0 Å². The molecule has 4 rings (SSSR count). The fourth-order valence-corrected chi connectivity index (χ4v) is 3.71. The van der Waals surface area contributed by atoms with Crippen molar-refractivity contribution >= 4 is 52.4 Å².